The molecule has 0 fully saturated rings. The van der Waals surface area contributed by atoms with Crippen molar-refractivity contribution >= 4 is 21.8 Å². The molecule has 0 atom stereocenters. The number of Topliss-reactive ketones (excluding diaryl/α,β-unsaturated/α-hetero) is 1. The molecule has 2 rings (SSSR count). The quantitative estimate of drug-likeness (QED) is 0.527. The van der Waals surface area contributed by atoms with E-state index >= 15 is 0 Å². The van der Waals surface area contributed by atoms with Crippen molar-refractivity contribution in [2.24, 2.45) is 0 Å². The molecule has 0 saturated carbocycles. The molecule has 0 unspecified atom stereocenters. The zero-order valence-corrected chi connectivity index (χ0v) is 17.8. The number of hydrogen-bond donors (Lipinski definition) is 0. The number of carbonyl (C=O) groups excluding carboxylic acids is 2. The molecule has 2 aromatic rings. The number of nitrogens with zero attached hydrogens (tertiary/aromatic N) is 1. The summed E-state index contributed by atoms with van der Waals surface area (Å²) in [6.07, 6.45) is 0. The number of benzene rings is 2. The molecule has 0 aromatic heterocycles. The minimum absolute atomic E-state index is 0.0660. The summed E-state index contributed by atoms with van der Waals surface area (Å²) < 4.78 is 44.2. The molecule has 0 aliphatic rings. The molecule has 0 saturated heterocycles. The van der Waals surface area contributed by atoms with Crippen LogP contribution in [-0.4, -0.2) is 45.2 Å². The van der Waals surface area contributed by atoms with Crippen LogP contribution >= 0.6 is 0 Å². The lowest BCUT2D eigenvalue weighted by atomic mass is 9.86. The second-order valence-electron chi connectivity index (χ2n) is 7.76. The van der Waals surface area contributed by atoms with E-state index in [2.05, 4.69) is 0 Å². The third kappa shape index (κ3) is 5.27. The maximum Gasteiger partial charge on any atom is 0.341 e. The maximum atomic E-state index is 14.0. The summed E-state index contributed by atoms with van der Waals surface area (Å²) in [6.45, 7) is 5.55. The molecule has 0 N–H and O–H groups in total. The van der Waals surface area contributed by atoms with Crippen LogP contribution in [0.15, 0.2) is 47.4 Å². The Balaban J connectivity index is 2.14. The van der Waals surface area contributed by atoms with Gasteiger partial charge < -0.3 is 4.74 Å². The fourth-order valence-corrected chi connectivity index (χ4v) is 3.41. The molecule has 29 heavy (non-hydrogen) atoms. The van der Waals surface area contributed by atoms with Gasteiger partial charge in [-0.1, -0.05) is 45.0 Å². The van der Waals surface area contributed by atoms with E-state index in [1.165, 1.54) is 14.1 Å². The van der Waals surface area contributed by atoms with Gasteiger partial charge in [0.15, 0.2) is 12.4 Å². The van der Waals surface area contributed by atoms with Gasteiger partial charge in [-0.25, -0.2) is 21.9 Å². The third-order valence-corrected chi connectivity index (χ3v) is 6.15. The second-order valence-corrected chi connectivity index (χ2v) is 9.91. The lowest BCUT2D eigenvalue weighted by molar-refractivity contribution is 0.0470. The number of halogens is 1. The van der Waals surface area contributed by atoms with Crippen LogP contribution in [0.4, 0.5) is 4.39 Å². The summed E-state index contributed by atoms with van der Waals surface area (Å²) in [6, 6.07) is 9.76. The van der Waals surface area contributed by atoms with Crippen molar-refractivity contribution in [1.29, 1.82) is 0 Å². The Morgan fingerprint density at radius 3 is 2.14 bits per heavy atom. The van der Waals surface area contributed by atoms with Crippen molar-refractivity contribution in [3.8, 4) is 0 Å². The fourth-order valence-electron chi connectivity index (χ4n) is 2.48. The van der Waals surface area contributed by atoms with Gasteiger partial charge in [0.2, 0.25) is 10.0 Å². The standard InChI is InChI=1S/C21H24FNO5S/c1-21(2,3)15-8-6-14(7-9-15)19(24)13-28-20(25)17-12-16(10-11-18(17)22)29(26,27)23(4)5/h6-12H,13H2,1-5H3. The monoisotopic (exact) mass is 421 g/mol. The van der Waals surface area contributed by atoms with Gasteiger partial charge in [0, 0.05) is 19.7 Å². The summed E-state index contributed by atoms with van der Waals surface area (Å²) in [5, 5.41) is 0. The van der Waals surface area contributed by atoms with Crippen LogP contribution < -0.4 is 0 Å². The van der Waals surface area contributed by atoms with Gasteiger partial charge in [0.05, 0.1) is 10.5 Å². The molecule has 0 aliphatic heterocycles. The van der Waals surface area contributed by atoms with Gasteiger partial charge in [0.1, 0.15) is 5.82 Å². The smallest absolute Gasteiger partial charge is 0.341 e. The second kappa shape index (κ2) is 8.42. The molecule has 2 aromatic carbocycles. The first kappa shape index (κ1) is 22.7. The topological polar surface area (TPSA) is 80.8 Å². The summed E-state index contributed by atoms with van der Waals surface area (Å²) in [5.74, 6) is -2.50. The molecular weight excluding hydrogens is 397 g/mol. The van der Waals surface area contributed by atoms with E-state index in [1.54, 1.807) is 12.1 Å². The zero-order valence-electron chi connectivity index (χ0n) is 17.0. The van der Waals surface area contributed by atoms with Crippen molar-refractivity contribution in [3.63, 3.8) is 0 Å². The van der Waals surface area contributed by atoms with Crippen molar-refractivity contribution in [3.05, 3.63) is 65.0 Å². The van der Waals surface area contributed by atoms with Gasteiger partial charge in [-0.2, -0.15) is 0 Å². The minimum Gasteiger partial charge on any atom is -0.454 e. The highest BCUT2D eigenvalue weighted by Gasteiger charge is 2.23. The minimum atomic E-state index is -3.85. The van der Waals surface area contributed by atoms with Gasteiger partial charge in [-0.05, 0) is 29.2 Å². The Morgan fingerprint density at radius 1 is 1.03 bits per heavy atom. The van der Waals surface area contributed by atoms with Crippen molar-refractivity contribution in [2.75, 3.05) is 20.7 Å². The lowest BCUT2D eigenvalue weighted by Crippen LogP contribution is -2.23. The number of esters is 1. The Hall–Kier alpha value is -2.58. The molecule has 0 heterocycles. The number of ketones is 1. The van der Waals surface area contributed by atoms with Gasteiger partial charge in [-0.3, -0.25) is 4.79 Å². The molecule has 156 valence electrons. The summed E-state index contributed by atoms with van der Waals surface area (Å²) >= 11 is 0. The Bertz CT molecular complexity index is 1020. The van der Waals surface area contributed by atoms with Crippen LogP contribution in [0.2, 0.25) is 0 Å². The fraction of sp³-hybridized carbons (Fsp3) is 0.333. The average molecular weight is 421 g/mol. The molecule has 0 aliphatic carbocycles. The van der Waals surface area contributed by atoms with Crippen molar-refractivity contribution in [2.45, 2.75) is 31.1 Å². The number of ether oxygens (including phenoxy) is 1. The predicted molar refractivity (Wildman–Crippen MR) is 107 cm³/mol. The first-order chi connectivity index (χ1) is 13.3. The van der Waals surface area contributed by atoms with Crippen LogP contribution in [0.3, 0.4) is 0 Å². The Morgan fingerprint density at radius 2 is 1.62 bits per heavy atom. The summed E-state index contributed by atoms with van der Waals surface area (Å²) in [5.41, 5.74) is 0.787. The first-order valence-corrected chi connectivity index (χ1v) is 10.3. The third-order valence-electron chi connectivity index (χ3n) is 4.34. The largest absolute Gasteiger partial charge is 0.454 e. The number of rotatable bonds is 6. The van der Waals surface area contributed by atoms with Crippen molar-refractivity contribution in [1.82, 2.24) is 4.31 Å². The van der Waals surface area contributed by atoms with Crippen LogP contribution in [0.5, 0.6) is 0 Å². The van der Waals surface area contributed by atoms with Crippen LogP contribution in [0, 0.1) is 5.82 Å². The highest BCUT2D eigenvalue weighted by Crippen LogP contribution is 2.22. The van der Waals surface area contributed by atoms with Crippen LogP contribution in [0.1, 0.15) is 47.1 Å². The summed E-state index contributed by atoms with van der Waals surface area (Å²) in [7, 11) is -1.21. The molecule has 0 amide bonds. The summed E-state index contributed by atoms with van der Waals surface area (Å²) in [4.78, 5) is 24.2. The zero-order chi connectivity index (χ0) is 22.0. The highest BCUT2D eigenvalue weighted by molar-refractivity contribution is 7.89. The lowest BCUT2D eigenvalue weighted by Gasteiger charge is -2.19. The normalized spacial score (nSPS) is 12.1. The van der Waals surface area contributed by atoms with E-state index in [-0.39, 0.29) is 10.3 Å². The van der Waals surface area contributed by atoms with Gasteiger partial charge in [0.25, 0.3) is 0 Å². The van der Waals surface area contributed by atoms with E-state index in [0.717, 1.165) is 28.1 Å². The molecule has 0 spiro atoms. The first-order valence-electron chi connectivity index (χ1n) is 8.87. The Labute approximate surface area is 170 Å². The van der Waals surface area contributed by atoms with Gasteiger partial charge in [-0.15, -0.1) is 0 Å². The van der Waals surface area contributed by atoms with Crippen LogP contribution in [-0.2, 0) is 20.2 Å². The highest BCUT2D eigenvalue weighted by atomic mass is 32.2. The van der Waals surface area contributed by atoms with Gasteiger partial charge >= 0.3 is 5.97 Å². The molecular formula is C21H24FNO5S. The van der Waals surface area contributed by atoms with Crippen molar-refractivity contribution < 1.29 is 27.1 Å². The SMILES string of the molecule is CN(C)S(=O)(=O)c1ccc(F)c(C(=O)OCC(=O)c2ccc(C(C)(C)C)cc2)c1. The number of sulfonamides is 1. The number of hydrogen-bond acceptors (Lipinski definition) is 5. The van der Waals surface area contributed by atoms with E-state index in [1.807, 2.05) is 32.9 Å². The van der Waals surface area contributed by atoms with E-state index < -0.39 is 39.8 Å². The van der Waals surface area contributed by atoms with Crippen LogP contribution in [0.25, 0.3) is 0 Å². The average Bonchev–Trinajstić information content (AvgIpc) is 2.65. The van der Waals surface area contributed by atoms with E-state index in [9.17, 15) is 22.4 Å². The number of carbonyl (C=O) groups is 2. The molecule has 6 nitrogen and oxygen atoms in total. The van der Waals surface area contributed by atoms with E-state index in [4.69, 9.17) is 4.74 Å². The maximum absolute atomic E-state index is 14.0. The van der Waals surface area contributed by atoms with E-state index in [0.29, 0.717) is 5.56 Å². The molecule has 0 bridgehead atoms. The molecule has 8 heteroatoms. The Kier molecular flexibility index (Phi) is 6.60. The predicted octanol–water partition coefficient (Wildman–Crippen LogP) is 3.41. The molecule has 0 radical (unpaired) electrons.